The highest BCUT2D eigenvalue weighted by Gasteiger charge is 2.32. The smallest absolute Gasteiger partial charge is 0.325 e. The van der Waals surface area contributed by atoms with Crippen LogP contribution in [0.25, 0.3) is 17.0 Å². The Hall–Kier alpha value is -3.60. The van der Waals surface area contributed by atoms with Crippen LogP contribution in [0.2, 0.25) is 0 Å². The number of benzene rings is 2. The maximum Gasteiger partial charge on any atom is 0.325 e. The van der Waals surface area contributed by atoms with Crippen LogP contribution in [0.1, 0.15) is 17.2 Å². The fourth-order valence-electron chi connectivity index (χ4n) is 4.14. The molecule has 7 heteroatoms. The Morgan fingerprint density at radius 3 is 2.69 bits per heavy atom. The van der Waals surface area contributed by atoms with Gasteiger partial charge in [0.1, 0.15) is 17.9 Å². The Kier molecular flexibility index (Phi) is 6.85. The molecule has 0 spiro atoms. The fraction of sp³-hybridized carbons (Fsp3) is 0.280. The Labute approximate surface area is 187 Å². The van der Waals surface area contributed by atoms with Crippen LogP contribution in [0.4, 0.5) is 0 Å². The van der Waals surface area contributed by atoms with E-state index >= 15 is 0 Å². The summed E-state index contributed by atoms with van der Waals surface area (Å²) in [6.07, 6.45) is 6.04. The topological polar surface area (TPSA) is 92.6 Å². The zero-order valence-electron chi connectivity index (χ0n) is 17.8. The molecule has 0 radical (unpaired) electrons. The molecule has 1 aliphatic heterocycles. The third kappa shape index (κ3) is 4.99. The molecular weight excluding hydrogens is 404 g/mol. The molecule has 1 saturated heterocycles. The highest BCUT2D eigenvalue weighted by Crippen LogP contribution is 2.31. The zero-order valence-corrected chi connectivity index (χ0v) is 17.8. The average Bonchev–Trinajstić information content (AvgIpc) is 3.22. The van der Waals surface area contributed by atoms with Gasteiger partial charge in [0, 0.05) is 55.4 Å². The molecule has 2 aromatic carbocycles. The van der Waals surface area contributed by atoms with Crippen molar-refractivity contribution in [3.63, 3.8) is 0 Å². The number of piperazine rings is 1. The minimum atomic E-state index is -0.869. The van der Waals surface area contributed by atoms with Gasteiger partial charge in [-0.05, 0) is 23.8 Å². The van der Waals surface area contributed by atoms with Gasteiger partial charge in [-0.1, -0.05) is 42.5 Å². The summed E-state index contributed by atoms with van der Waals surface area (Å²) < 4.78 is 5.41. The van der Waals surface area contributed by atoms with Crippen LogP contribution in [0.15, 0.2) is 60.8 Å². The molecule has 0 saturated carbocycles. The second-order valence-corrected chi connectivity index (χ2v) is 7.79. The van der Waals surface area contributed by atoms with E-state index in [1.807, 2.05) is 35.2 Å². The van der Waals surface area contributed by atoms with E-state index in [1.165, 1.54) is 5.56 Å². The highest BCUT2D eigenvalue weighted by molar-refractivity contribution is 5.90. The molecule has 2 N–H and O–H groups in total. The quantitative estimate of drug-likeness (QED) is 0.568. The Balaban J connectivity index is 1.43. The highest BCUT2D eigenvalue weighted by atomic mass is 16.5. The Bertz CT molecular complexity index is 1130. The summed E-state index contributed by atoms with van der Waals surface area (Å²) in [6, 6.07) is 16.8. The number of hydrogen-bond acceptors (Lipinski definition) is 5. The third-order valence-electron chi connectivity index (χ3n) is 5.76. The van der Waals surface area contributed by atoms with Crippen LogP contribution >= 0.6 is 0 Å². The lowest BCUT2D eigenvalue weighted by Gasteiger charge is -2.37. The molecule has 7 nitrogen and oxygen atoms in total. The van der Waals surface area contributed by atoms with Crippen LogP contribution in [-0.2, 0) is 4.79 Å². The van der Waals surface area contributed by atoms with Crippen LogP contribution < -0.4 is 4.74 Å². The number of aromatic nitrogens is 1. The fourth-order valence-corrected chi connectivity index (χ4v) is 4.14. The van der Waals surface area contributed by atoms with Gasteiger partial charge in [-0.15, -0.1) is 0 Å². The maximum atomic E-state index is 12.3. The predicted octanol–water partition coefficient (Wildman–Crippen LogP) is 3.53. The second kappa shape index (κ2) is 10.1. The predicted molar refractivity (Wildman–Crippen MR) is 123 cm³/mol. The number of aliphatic carboxylic acids is 1. The van der Waals surface area contributed by atoms with E-state index in [-0.39, 0.29) is 6.61 Å². The summed E-state index contributed by atoms with van der Waals surface area (Å²) in [5.74, 6) is -0.314. The van der Waals surface area contributed by atoms with Crippen molar-refractivity contribution in [2.24, 2.45) is 0 Å². The van der Waals surface area contributed by atoms with E-state index in [9.17, 15) is 9.90 Å². The van der Waals surface area contributed by atoms with Crippen molar-refractivity contribution in [1.29, 1.82) is 5.26 Å². The van der Waals surface area contributed by atoms with Gasteiger partial charge in [-0.2, -0.15) is 5.26 Å². The van der Waals surface area contributed by atoms with Crippen LogP contribution in [0, 0.1) is 11.3 Å². The molecule has 0 bridgehead atoms. The first kappa shape index (κ1) is 21.6. The van der Waals surface area contributed by atoms with Crippen molar-refractivity contribution >= 4 is 22.9 Å². The monoisotopic (exact) mass is 430 g/mol. The minimum Gasteiger partial charge on any atom is -0.480 e. The molecule has 0 aliphatic carbocycles. The normalized spacial score (nSPS) is 16.2. The van der Waals surface area contributed by atoms with Gasteiger partial charge in [0.25, 0.3) is 0 Å². The number of fused-ring (bicyclic) bond motifs is 1. The van der Waals surface area contributed by atoms with Gasteiger partial charge < -0.3 is 14.8 Å². The van der Waals surface area contributed by atoms with E-state index in [0.29, 0.717) is 24.4 Å². The number of rotatable bonds is 8. The van der Waals surface area contributed by atoms with Gasteiger partial charge in [0.2, 0.25) is 0 Å². The minimum absolute atomic E-state index is 0.0473. The van der Waals surface area contributed by atoms with Crippen molar-refractivity contribution < 1.29 is 14.6 Å². The van der Waals surface area contributed by atoms with E-state index < -0.39 is 12.0 Å². The van der Waals surface area contributed by atoms with E-state index in [1.54, 1.807) is 18.3 Å². The molecule has 1 aliphatic rings. The third-order valence-corrected chi connectivity index (χ3v) is 5.76. The summed E-state index contributed by atoms with van der Waals surface area (Å²) in [5, 5.41) is 19.6. The van der Waals surface area contributed by atoms with Crippen molar-refractivity contribution in [3.05, 3.63) is 71.9 Å². The average molecular weight is 431 g/mol. The second-order valence-electron chi connectivity index (χ2n) is 7.79. The number of aromatic amines is 1. The Morgan fingerprint density at radius 1 is 1.19 bits per heavy atom. The van der Waals surface area contributed by atoms with Gasteiger partial charge in [-0.3, -0.25) is 14.6 Å². The first-order valence-electron chi connectivity index (χ1n) is 10.7. The van der Waals surface area contributed by atoms with Gasteiger partial charge in [-0.25, -0.2) is 0 Å². The summed E-state index contributed by atoms with van der Waals surface area (Å²) >= 11 is 0. The lowest BCUT2D eigenvalue weighted by atomic mass is 10.0. The van der Waals surface area contributed by atoms with Crippen LogP contribution in [0.5, 0.6) is 5.75 Å². The molecule has 3 aromatic rings. The lowest BCUT2D eigenvalue weighted by Crippen LogP contribution is -2.49. The maximum absolute atomic E-state index is 12.3. The Morgan fingerprint density at radius 2 is 1.97 bits per heavy atom. The van der Waals surface area contributed by atoms with E-state index in [4.69, 9.17) is 10.00 Å². The molecule has 1 fully saturated rings. The standard InChI is InChI=1S/C25H26N4O3/c26-10-16-32-20-8-9-23-21(17-20)22(18-27-23)24(25(30)31)29-14-12-28(13-15-29)11-4-7-19-5-2-1-3-6-19/h1-9,17-18,24,27H,11-16H2,(H,30,31)/b7-4+. The van der Waals surface area contributed by atoms with Crippen molar-refractivity contribution in [2.75, 3.05) is 39.3 Å². The number of carboxylic acids is 1. The van der Waals surface area contributed by atoms with Crippen molar-refractivity contribution in [1.82, 2.24) is 14.8 Å². The van der Waals surface area contributed by atoms with Gasteiger partial charge in [0.15, 0.2) is 6.61 Å². The molecular formula is C25H26N4O3. The van der Waals surface area contributed by atoms with Gasteiger partial charge in [0.05, 0.1) is 0 Å². The zero-order chi connectivity index (χ0) is 22.3. The number of hydrogen-bond donors (Lipinski definition) is 2. The molecule has 1 aromatic heterocycles. The molecule has 4 rings (SSSR count). The SMILES string of the molecule is N#CCOc1ccc2[nH]cc(C(C(=O)O)N3CCN(C/C=C/c4ccccc4)CC3)c2c1. The molecule has 1 unspecified atom stereocenters. The van der Waals surface area contributed by atoms with E-state index in [0.717, 1.165) is 30.5 Å². The first-order valence-corrected chi connectivity index (χ1v) is 10.7. The number of ether oxygens (including phenoxy) is 1. The number of nitrogens with one attached hydrogen (secondary N) is 1. The number of carboxylic acid groups (broad SMARTS) is 1. The molecule has 1 atom stereocenters. The molecule has 0 amide bonds. The lowest BCUT2D eigenvalue weighted by molar-refractivity contribution is -0.144. The first-order chi connectivity index (χ1) is 15.7. The van der Waals surface area contributed by atoms with Crippen molar-refractivity contribution in [2.45, 2.75) is 6.04 Å². The van der Waals surface area contributed by atoms with Crippen LogP contribution in [0.3, 0.4) is 0 Å². The van der Waals surface area contributed by atoms with Crippen molar-refractivity contribution in [3.8, 4) is 11.8 Å². The van der Waals surface area contributed by atoms with E-state index in [2.05, 4.69) is 34.2 Å². The number of nitrogens with zero attached hydrogens (tertiary/aromatic N) is 3. The number of nitriles is 1. The van der Waals surface area contributed by atoms with Crippen LogP contribution in [-0.4, -0.2) is 65.2 Å². The molecule has 164 valence electrons. The van der Waals surface area contributed by atoms with Gasteiger partial charge >= 0.3 is 5.97 Å². The summed E-state index contributed by atoms with van der Waals surface area (Å²) in [7, 11) is 0. The number of H-pyrrole nitrogens is 1. The molecule has 32 heavy (non-hydrogen) atoms. The summed E-state index contributed by atoms with van der Waals surface area (Å²) in [6.45, 7) is 3.76. The summed E-state index contributed by atoms with van der Waals surface area (Å²) in [4.78, 5) is 19.8. The summed E-state index contributed by atoms with van der Waals surface area (Å²) in [5.41, 5.74) is 2.74. The molecule has 2 heterocycles. The number of carbonyl (C=O) groups is 1. The largest absolute Gasteiger partial charge is 0.480 e.